The number of benzene rings is 2. The van der Waals surface area contributed by atoms with E-state index in [1.807, 2.05) is 17.0 Å². The Balaban J connectivity index is 1.41. The summed E-state index contributed by atoms with van der Waals surface area (Å²) in [6.45, 7) is 2.56. The van der Waals surface area contributed by atoms with Crippen molar-refractivity contribution in [3.05, 3.63) is 65.5 Å². The quantitative estimate of drug-likeness (QED) is 0.698. The Morgan fingerprint density at radius 3 is 2.39 bits per heavy atom. The van der Waals surface area contributed by atoms with Crippen molar-refractivity contribution in [2.45, 2.75) is 38.3 Å². The molecule has 2 amide bonds. The molecule has 1 aliphatic carbocycles. The van der Waals surface area contributed by atoms with E-state index >= 15 is 0 Å². The first kappa shape index (κ1) is 23.2. The van der Waals surface area contributed by atoms with Gasteiger partial charge in [-0.05, 0) is 37.0 Å². The Kier molecular flexibility index (Phi) is 7.60. The monoisotopic (exact) mass is 453 g/mol. The van der Waals surface area contributed by atoms with Crippen molar-refractivity contribution < 1.29 is 18.7 Å². The summed E-state index contributed by atoms with van der Waals surface area (Å²) in [6.07, 6.45) is 4.32. The molecule has 0 radical (unpaired) electrons. The average molecular weight is 454 g/mol. The standard InChI is InChI=1S/C26H32FN3O3/c1-33-23-13-7-5-11-21(23)26(32)30-16-14-29(15-17-30)24(19-8-2-3-9-19)25(31)28-18-20-10-4-6-12-22(20)27/h4-7,10-13,19,24H,2-3,8-9,14-18H2,1H3,(H,28,31)/t24-/m0/s1. The first-order valence-corrected chi connectivity index (χ1v) is 11.8. The van der Waals surface area contributed by atoms with Crippen molar-refractivity contribution >= 4 is 11.8 Å². The summed E-state index contributed by atoms with van der Waals surface area (Å²) < 4.78 is 19.4. The number of carbonyl (C=O) groups is 2. The summed E-state index contributed by atoms with van der Waals surface area (Å²) in [5, 5.41) is 2.97. The summed E-state index contributed by atoms with van der Waals surface area (Å²) in [6, 6.07) is 13.5. The summed E-state index contributed by atoms with van der Waals surface area (Å²) in [4.78, 5) is 30.3. The smallest absolute Gasteiger partial charge is 0.257 e. The maximum absolute atomic E-state index is 14.0. The van der Waals surface area contributed by atoms with Gasteiger partial charge in [-0.2, -0.15) is 0 Å². The molecule has 0 bridgehead atoms. The minimum Gasteiger partial charge on any atom is -0.496 e. The molecule has 2 aromatic rings. The van der Waals surface area contributed by atoms with Gasteiger partial charge in [0, 0.05) is 38.3 Å². The van der Waals surface area contributed by atoms with E-state index in [1.54, 1.807) is 37.4 Å². The fourth-order valence-electron chi connectivity index (χ4n) is 5.07. The third kappa shape index (κ3) is 5.36. The highest BCUT2D eigenvalue weighted by atomic mass is 19.1. The summed E-state index contributed by atoms with van der Waals surface area (Å²) in [5.74, 6) is 0.463. The summed E-state index contributed by atoms with van der Waals surface area (Å²) in [5.41, 5.74) is 1.05. The predicted octanol–water partition coefficient (Wildman–Crippen LogP) is 3.47. The lowest BCUT2D eigenvalue weighted by atomic mass is 9.94. The number of nitrogens with one attached hydrogen (secondary N) is 1. The molecule has 1 saturated heterocycles. The third-order valence-corrected chi connectivity index (χ3v) is 6.86. The Labute approximate surface area is 194 Å². The van der Waals surface area contributed by atoms with Gasteiger partial charge in [-0.3, -0.25) is 14.5 Å². The van der Waals surface area contributed by atoms with Gasteiger partial charge in [0.25, 0.3) is 5.91 Å². The van der Waals surface area contributed by atoms with Gasteiger partial charge in [0.15, 0.2) is 0 Å². The second-order valence-electron chi connectivity index (χ2n) is 8.83. The van der Waals surface area contributed by atoms with Gasteiger partial charge in [-0.15, -0.1) is 0 Å². The van der Waals surface area contributed by atoms with Gasteiger partial charge >= 0.3 is 0 Å². The molecule has 1 saturated carbocycles. The number of rotatable bonds is 7. The highest BCUT2D eigenvalue weighted by Gasteiger charge is 2.37. The van der Waals surface area contributed by atoms with Crippen LogP contribution in [-0.2, 0) is 11.3 Å². The zero-order chi connectivity index (χ0) is 23.2. The van der Waals surface area contributed by atoms with Crippen LogP contribution >= 0.6 is 0 Å². The molecule has 2 aliphatic rings. The van der Waals surface area contributed by atoms with E-state index in [-0.39, 0.29) is 30.2 Å². The summed E-state index contributed by atoms with van der Waals surface area (Å²) >= 11 is 0. The van der Waals surface area contributed by atoms with E-state index < -0.39 is 0 Å². The minimum absolute atomic E-state index is 0.0466. The van der Waals surface area contributed by atoms with Crippen LogP contribution < -0.4 is 10.1 Å². The molecule has 2 aromatic carbocycles. The lowest BCUT2D eigenvalue weighted by molar-refractivity contribution is -0.129. The van der Waals surface area contributed by atoms with Crippen LogP contribution in [0.5, 0.6) is 5.75 Å². The Bertz CT molecular complexity index is 969. The van der Waals surface area contributed by atoms with Crippen LogP contribution in [0.25, 0.3) is 0 Å². The van der Waals surface area contributed by atoms with Crippen molar-refractivity contribution in [3.8, 4) is 5.75 Å². The van der Waals surface area contributed by atoms with Crippen LogP contribution in [0.1, 0.15) is 41.6 Å². The molecule has 4 rings (SSSR count). The fraction of sp³-hybridized carbons (Fsp3) is 0.462. The third-order valence-electron chi connectivity index (χ3n) is 6.86. The Hall–Kier alpha value is -2.93. The second kappa shape index (κ2) is 10.8. The topological polar surface area (TPSA) is 61.9 Å². The zero-order valence-electron chi connectivity index (χ0n) is 19.1. The van der Waals surface area contributed by atoms with Crippen molar-refractivity contribution in [1.82, 2.24) is 15.1 Å². The number of nitrogens with zero attached hydrogens (tertiary/aromatic N) is 2. The van der Waals surface area contributed by atoms with Crippen LogP contribution in [0.15, 0.2) is 48.5 Å². The number of amides is 2. The van der Waals surface area contributed by atoms with Crippen molar-refractivity contribution in [3.63, 3.8) is 0 Å². The average Bonchev–Trinajstić information content (AvgIpc) is 3.38. The summed E-state index contributed by atoms with van der Waals surface area (Å²) in [7, 11) is 1.57. The largest absolute Gasteiger partial charge is 0.496 e. The van der Waals surface area contributed by atoms with Gasteiger partial charge in [0.2, 0.25) is 5.91 Å². The van der Waals surface area contributed by atoms with Gasteiger partial charge in [-0.1, -0.05) is 43.2 Å². The molecule has 33 heavy (non-hydrogen) atoms. The SMILES string of the molecule is COc1ccccc1C(=O)N1CCN([C@H](C(=O)NCc2ccccc2F)C2CCCC2)CC1. The lowest BCUT2D eigenvalue weighted by Crippen LogP contribution is -2.57. The number of para-hydroxylation sites is 1. The van der Waals surface area contributed by atoms with E-state index in [0.717, 1.165) is 25.7 Å². The van der Waals surface area contributed by atoms with Gasteiger partial charge in [-0.25, -0.2) is 4.39 Å². The maximum Gasteiger partial charge on any atom is 0.257 e. The normalized spacial score (nSPS) is 18.2. The number of hydrogen-bond donors (Lipinski definition) is 1. The van der Waals surface area contributed by atoms with Gasteiger partial charge in [0.1, 0.15) is 11.6 Å². The highest BCUT2D eigenvalue weighted by Crippen LogP contribution is 2.31. The van der Waals surface area contributed by atoms with Crippen LogP contribution in [-0.4, -0.2) is 60.9 Å². The van der Waals surface area contributed by atoms with Crippen LogP contribution in [0.3, 0.4) is 0 Å². The first-order valence-electron chi connectivity index (χ1n) is 11.8. The first-order chi connectivity index (χ1) is 16.1. The van der Waals surface area contributed by atoms with Crippen LogP contribution in [0.2, 0.25) is 0 Å². The van der Waals surface area contributed by atoms with Gasteiger partial charge < -0.3 is 15.0 Å². The van der Waals surface area contributed by atoms with Gasteiger partial charge in [0.05, 0.1) is 18.7 Å². The molecule has 1 aliphatic heterocycles. The van der Waals surface area contributed by atoms with E-state index in [1.165, 1.54) is 6.07 Å². The molecule has 6 nitrogen and oxygen atoms in total. The van der Waals surface area contributed by atoms with E-state index in [4.69, 9.17) is 4.74 Å². The molecule has 176 valence electrons. The molecule has 0 spiro atoms. The number of piperazine rings is 1. The molecule has 1 N–H and O–H groups in total. The lowest BCUT2D eigenvalue weighted by Gasteiger charge is -2.40. The minimum atomic E-state index is -0.307. The molecule has 1 atom stereocenters. The van der Waals surface area contributed by atoms with Crippen LogP contribution in [0.4, 0.5) is 4.39 Å². The van der Waals surface area contributed by atoms with Crippen molar-refractivity contribution in [1.29, 1.82) is 0 Å². The highest BCUT2D eigenvalue weighted by molar-refractivity contribution is 5.97. The maximum atomic E-state index is 14.0. The Morgan fingerprint density at radius 2 is 1.70 bits per heavy atom. The molecule has 1 heterocycles. The van der Waals surface area contributed by atoms with Crippen molar-refractivity contribution in [2.24, 2.45) is 5.92 Å². The number of hydrogen-bond acceptors (Lipinski definition) is 4. The molecule has 7 heteroatoms. The Morgan fingerprint density at radius 1 is 1.03 bits per heavy atom. The molecule has 0 unspecified atom stereocenters. The second-order valence-corrected chi connectivity index (χ2v) is 8.83. The molecule has 0 aromatic heterocycles. The molecule has 2 fully saturated rings. The number of methoxy groups -OCH3 is 1. The van der Waals surface area contributed by atoms with E-state index in [0.29, 0.717) is 49.0 Å². The fourth-order valence-corrected chi connectivity index (χ4v) is 5.07. The number of carbonyl (C=O) groups excluding carboxylic acids is 2. The molecular weight excluding hydrogens is 421 g/mol. The molecular formula is C26H32FN3O3. The van der Waals surface area contributed by atoms with Crippen molar-refractivity contribution in [2.75, 3.05) is 33.3 Å². The number of halogens is 1. The predicted molar refractivity (Wildman–Crippen MR) is 124 cm³/mol. The van der Waals surface area contributed by atoms with Crippen LogP contribution in [0, 0.1) is 11.7 Å². The number of ether oxygens (including phenoxy) is 1. The van der Waals surface area contributed by atoms with E-state index in [2.05, 4.69) is 10.2 Å². The van der Waals surface area contributed by atoms with E-state index in [9.17, 15) is 14.0 Å². The zero-order valence-corrected chi connectivity index (χ0v) is 19.1.